The van der Waals surface area contributed by atoms with Crippen molar-refractivity contribution in [3.8, 4) is 5.75 Å². The van der Waals surface area contributed by atoms with Crippen molar-refractivity contribution in [3.05, 3.63) is 70.2 Å². The zero-order chi connectivity index (χ0) is 21.5. The molecule has 1 aromatic heterocycles. The molecular formula is C22H22N4O4S. The van der Waals surface area contributed by atoms with Crippen molar-refractivity contribution in [1.82, 2.24) is 15.5 Å². The summed E-state index contributed by atoms with van der Waals surface area (Å²) < 4.78 is 11.1. The highest BCUT2D eigenvalue weighted by Crippen LogP contribution is 2.17. The number of amides is 2. The summed E-state index contributed by atoms with van der Waals surface area (Å²) in [6.45, 7) is 1.50. The van der Waals surface area contributed by atoms with E-state index >= 15 is 0 Å². The molecular weight excluding hydrogens is 416 g/mol. The van der Waals surface area contributed by atoms with Crippen LogP contribution in [0.15, 0.2) is 54.6 Å². The van der Waals surface area contributed by atoms with Gasteiger partial charge in [0, 0.05) is 24.4 Å². The summed E-state index contributed by atoms with van der Waals surface area (Å²) in [6, 6.07) is 16.1. The van der Waals surface area contributed by atoms with E-state index in [1.54, 1.807) is 24.3 Å². The van der Waals surface area contributed by atoms with Gasteiger partial charge in [0.1, 0.15) is 12.4 Å². The largest absolute Gasteiger partial charge is 0.486 e. The molecule has 160 valence electrons. The molecule has 4 rings (SSSR count). The number of nitrogens with one attached hydrogen (secondary N) is 2. The number of para-hydroxylation sites is 1. The van der Waals surface area contributed by atoms with Crippen LogP contribution in [0, 0.1) is 0 Å². The average Bonchev–Trinajstić information content (AvgIpc) is 3.49. The molecule has 0 unspecified atom stereocenters. The number of nitrogens with zero attached hydrogens (tertiary/aromatic N) is 2. The van der Waals surface area contributed by atoms with Crippen LogP contribution in [0.5, 0.6) is 5.75 Å². The molecule has 2 heterocycles. The van der Waals surface area contributed by atoms with Gasteiger partial charge < -0.3 is 20.1 Å². The molecule has 2 N–H and O–H groups in total. The molecule has 1 saturated heterocycles. The van der Waals surface area contributed by atoms with Gasteiger partial charge in [0.05, 0.1) is 6.10 Å². The molecule has 9 heteroatoms. The van der Waals surface area contributed by atoms with Gasteiger partial charge >= 0.3 is 0 Å². The molecule has 8 nitrogen and oxygen atoms in total. The molecule has 0 aliphatic carbocycles. The monoisotopic (exact) mass is 438 g/mol. The van der Waals surface area contributed by atoms with Crippen LogP contribution in [0.25, 0.3) is 0 Å². The standard InChI is InChI=1S/C22H22N4O4S/c27-20(23-13-18-7-4-12-29-18)15-8-10-16(11-9-15)24-21(28)22-26-25-19(31-22)14-30-17-5-2-1-3-6-17/h1-3,5-6,8-11,18H,4,7,12-14H2,(H,23,27)(H,24,28)/t18-/m0/s1. The van der Waals surface area contributed by atoms with Crippen LogP contribution in [0.1, 0.15) is 38.0 Å². The van der Waals surface area contributed by atoms with Crippen molar-refractivity contribution >= 4 is 28.8 Å². The summed E-state index contributed by atoms with van der Waals surface area (Å²) in [6.07, 6.45) is 2.10. The fourth-order valence-electron chi connectivity index (χ4n) is 3.07. The number of anilines is 1. The third-order valence-corrected chi connectivity index (χ3v) is 5.58. The molecule has 2 aromatic carbocycles. The van der Waals surface area contributed by atoms with Gasteiger partial charge in [-0.05, 0) is 49.2 Å². The van der Waals surface area contributed by atoms with Crippen LogP contribution in [0.4, 0.5) is 5.69 Å². The Labute approximate surface area is 183 Å². The lowest BCUT2D eigenvalue weighted by Gasteiger charge is -2.11. The summed E-state index contributed by atoms with van der Waals surface area (Å²) >= 11 is 1.17. The Kier molecular flexibility index (Phi) is 6.85. The summed E-state index contributed by atoms with van der Waals surface area (Å²) in [5.74, 6) is 0.197. The van der Waals surface area contributed by atoms with Crippen molar-refractivity contribution in [3.63, 3.8) is 0 Å². The van der Waals surface area contributed by atoms with Crippen molar-refractivity contribution in [1.29, 1.82) is 0 Å². The quantitative estimate of drug-likeness (QED) is 0.560. The van der Waals surface area contributed by atoms with Crippen molar-refractivity contribution in [2.45, 2.75) is 25.6 Å². The van der Waals surface area contributed by atoms with Gasteiger partial charge in [0.25, 0.3) is 11.8 Å². The number of hydrogen-bond acceptors (Lipinski definition) is 7. The predicted octanol–water partition coefficient (Wildman–Crippen LogP) is 3.28. The van der Waals surface area contributed by atoms with E-state index in [2.05, 4.69) is 20.8 Å². The molecule has 3 aromatic rings. The fraction of sp³-hybridized carbons (Fsp3) is 0.273. The highest BCUT2D eigenvalue weighted by atomic mass is 32.1. The van der Waals surface area contributed by atoms with Crippen LogP contribution in [0.3, 0.4) is 0 Å². The van der Waals surface area contributed by atoms with Gasteiger partial charge in [-0.25, -0.2) is 0 Å². The number of rotatable bonds is 8. The molecule has 0 bridgehead atoms. The van der Waals surface area contributed by atoms with E-state index in [0.29, 0.717) is 22.8 Å². The summed E-state index contributed by atoms with van der Waals surface area (Å²) in [5.41, 5.74) is 1.09. The number of benzene rings is 2. The van der Waals surface area contributed by atoms with E-state index in [1.165, 1.54) is 11.3 Å². The minimum Gasteiger partial charge on any atom is -0.486 e. The molecule has 0 saturated carbocycles. The number of aromatic nitrogens is 2. The highest BCUT2D eigenvalue weighted by molar-refractivity contribution is 7.13. The third kappa shape index (κ3) is 5.87. The Morgan fingerprint density at radius 1 is 1.06 bits per heavy atom. The van der Waals surface area contributed by atoms with Crippen molar-refractivity contribution in [2.24, 2.45) is 0 Å². The molecule has 1 atom stereocenters. The van der Waals surface area contributed by atoms with Gasteiger partial charge in [-0.1, -0.05) is 29.5 Å². The van der Waals surface area contributed by atoms with Crippen LogP contribution in [0.2, 0.25) is 0 Å². The maximum absolute atomic E-state index is 12.4. The smallest absolute Gasteiger partial charge is 0.286 e. The SMILES string of the molecule is O=C(NC[C@@H]1CCCO1)c1ccc(NC(=O)c2nnc(COc3ccccc3)s2)cc1. The second-order valence-electron chi connectivity index (χ2n) is 6.98. The molecule has 1 aliphatic heterocycles. The van der Waals surface area contributed by atoms with Crippen LogP contribution in [-0.4, -0.2) is 41.3 Å². The van der Waals surface area contributed by atoms with Crippen LogP contribution < -0.4 is 15.4 Å². The summed E-state index contributed by atoms with van der Waals surface area (Å²) in [5, 5.41) is 14.4. The average molecular weight is 439 g/mol. The van der Waals surface area contributed by atoms with E-state index < -0.39 is 0 Å². The number of carbonyl (C=O) groups excluding carboxylic acids is 2. The second-order valence-corrected chi connectivity index (χ2v) is 8.04. The van der Waals surface area contributed by atoms with Crippen molar-refractivity contribution in [2.75, 3.05) is 18.5 Å². The molecule has 1 aliphatic rings. The van der Waals surface area contributed by atoms with Crippen molar-refractivity contribution < 1.29 is 19.1 Å². The maximum atomic E-state index is 12.4. The molecule has 0 radical (unpaired) electrons. The number of hydrogen-bond donors (Lipinski definition) is 2. The zero-order valence-corrected chi connectivity index (χ0v) is 17.6. The Hall–Kier alpha value is -3.30. The topological polar surface area (TPSA) is 102 Å². The molecule has 1 fully saturated rings. The van der Waals surface area contributed by atoms with Gasteiger partial charge in [-0.15, -0.1) is 10.2 Å². The first-order valence-electron chi connectivity index (χ1n) is 9.99. The number of ether oxygens (including phenoxy) is 2. The second kappa shape index (κ2) is 10.1. The molecule has 31 heavy (non-hydrogen) atoms. The maximum Gasteiger partial charge on any atom is 0.286 e. The zero-order valence-electron chi connectivity index (χ0n) is 16.7. The van der Waals surface area contributed by atoms with E-state index in [4.69, 9.17) is 9.47 Å². The Bertz CT molecular complexity index is 1020. The Morgan fingerprint density at radius 3 is 2.61 bits per heavy atom. The van der Waals surface area contributed by atoms with Gasteiger partial charge in [-0.2, -0.15) is 0 Å². The first kappa shape index (κ1) is 21.0. The Morgan fingerprint density at radius 2 is 1.87 bits per heavy atom. The van der Waals surface area contributed by atoms with E-state index in [-0.39, 0.29) is 29.5 Å². The lowest BCUT2D eigenvalue weighted by molar-refractivity contribution is 0.0857. The lowest BCUT2D eigenvalue weighted by atomic mass is 10.2. The fourth-order valence-corrected chi connectivity index (χ4v) is 3.72. The first-order chi connectivity index (χ1) is 15.2. The first-order valence-corrected chi connectivity index (χ1v) is 10.8. The lowest BCUT2D eigenvalue weighted by Crippen LogP contribution is -2.31. The Balaban J connectivity index is 1.27. The summed E-state index contributed by atoms with van der Waals surface area (Å²) in [7, 11) is 0. The van der Waals surface area contributed by atoms with Crippen LogP contribution in [-0.2, 0) is 11.3 Å². The molecule has 0 spiro atoms. The summed E-state index contributed by atoms with van der Waals surface area (Å²) in [4.78, 5) is 24.7. The number of carbonyl (C=O) groups is 2. The minimum atomic E-state index is -0.362. The highest BCUT2D eigenvalue weighted by Gasteiger charge is 2.17. The third-order valence-electron chi connectivity index (χ3n) is 4.69. The van der Waals surface area contributed by atoms with E-state index in [1.807, 2.05) is 30.3 Å². The van der Waals surface area contributed by atoms with Gasteiger partial charge in [0.2, 0.25) is 5.01 Å². The van der Waals surface area contributed by atoms with Crippen LogP contribution >= 0.6 is 11.3 Å². The minimum absolute atomic E-state index is 0.0948. The van der Waals surface area contributed by atoms with E-state index in [0.717, 1.165) is 25.2 Å². The molecule has 2 amide bonds. The normalized spacial score (nSPS) is 15.4. The van der Waals surface area contributed by atoms with Gasteiger partial charge in [-0.3, -0.25) is 9.59 Å². The van der Waals surface area contributed by atoms with E-state index in [9.17, 15) is 9.59 Å². The van der Waals surface area contributed by atoms with Gasteiger partial charge in [0.15, 0.2) is 5.01 Å². The predicted molar refractivity (Wildman–Crippen MR) is 116 cm³/mol.